The molecular formula is C13H13N. The minimum absolute atomic E-state index is 0.498. The van der Waals surface area contributed by atoms with Gasteiger partial charge in [-0.2, -0.15) is 0 Å². The number of aromatic nitrogens is 1. The van der Waals surface area contributed by atoms with Crippen LogP contribution in [0.5, 0.6) is 0 Å². The van der Waals surface area contributed by atoms with Crippen LogP contribution in [0.15, 0.2) is 24.4 Å². The van der Waals surface area contributed by atoms with Crippen LogP contribution in [0, 0.1) is 12.3 Å². The first-order valence-corrected chi connectivity index (χ1v) is 4.80. The number of rotatable bonds is 1. The molecule has 0 fully saturated rings. The summed E-state index contributed by atoms with van der Waals surface area (Å²) >= 11 is 0. The fourth-order valence-electron chi connectivity index (χ4n) is 1.79. The fraction of sp³-hybridized carbons (Fsp3) is 0.231. The van der Waals surface area contributed by atoms with Crippen LogP contribution >= 0.6 is 0 Å². The SMILES string of the molecule is C#Cc1cccc2[nH]cc(C(C)C)c12. The predicted molar refractivity (Wildman–Crippen MR) is 60.3 cm³/mol. The summed E-state index contributed by atoms with van der Waals surface area (Å²) in [7, 11) is 0. The monoisotopic (exact) mass is 183 g/mol. The third kappa shape index (κ3) is 1.20. The molecule has 1 aromatic carbocycles. The molecule has 2 aromatic rings. The number of H-pyrrole nitrogens is 1. The zero-order chi connectivity index (χ0) is 10.1. The molecule has 0 aliphatic rings. The highest BCUT2D eigenvalue weighted by Gasteiger charge is 2.09. The Morgan fingerprint density at radius 3 is 2.79 bits per heavy atom. The maximum absolute atomic E-state index is 5.48. The summed E-state index contributed by atoms with van der Waals surface area (Å²) in [6.07, 6.45) is 7.53. The summed E-state index contributed by atoms with van der Waals surface area (Å²) in [5.74, 6) is 3.23. The smallest absolute Gasteiger partial charge is 0.0469 e. The molecule has 0 radical (unpaired) electrons. The third-order valence-electron chi connectivity index (χ3n) is 2.51. The molecule has 0 aliphatic heterocycles. The summed E-state index contributed by atoms with van der Waals surface area (Å²) in [5.41, 5.74) is 3.41. The Hall–Kier alpha value is -1.68. The lowest BCUT2D eigenvalue weighted by Gasteiger charge is -2.03. The number of fused-ring (bicyclic) bond motifs is 1. The van der Waals surface area contributed by atoms with Crippen LogP contribution in [0.4, 0.5) is 0 Å². The van der Waals surface area contributed by atoms with E-state index in [1.54, 1.807) is 0 Å². The van der Waals surface area contributed by atoms with Crippen LogP contribution < -0.4 is 0 Å². The van der Waals surface area contributed by atoms with E-state index in [-0.39, 0.29) is 0 Å². The molecule has 14 heavy (non-hydrogen) atoms. The van der Waals surface area contributed by atoms with Crippen LogP contribution in [0.25, 0.3) is 10.9 Å². The van der Waals surface area contributed by atoms with Crippen molar-refractivity contribution in [2.24, 2.45) is 0 Å². The first kappa shape index (κ1) is 8.90. The van der Waals surface area contributed by atoms with Crippen LogP contribution in [0.1, 0.15) is 30.9 Å². The molecule has 1 heterocycles. The summed E-state index contributed by atoms with van der Waals surface area (Å²) in [5, 5.41) is 1.20. The second-order valence-corrected chi connectivity index (χ2v) is 3.77. The molecule has 70 valence electrons. The number of benzene rings is 1. The van der Waals surface area contributed by atoms with Gasteiger partial charge in [0.25, 0.3) is 0 Å². The number of hydrogen-bond donors (Lipinski definition) is 1. The van der Waals surface area contributed by atoms with E-state index in [0.29, 0.717) is 5.92 Å². The fourth-order valence-corrected chi connectivity index (χ4v) is 1.79. The Bertz CT molecular complexity index is 497. The van der Waals surface area contributed by atoms with E-state index in [1.807, 2.05) is 12.1 Å². The summed E-state index contributed by atoms with van der Waals surface area (Å²) < 4.78 is 0. The van der Waals surface area contributed by atoms with Gasteiger partial charge < -0.3 is 4.98 Å². The average molecular weight is 183 g/mol. The maximum Gasteiger partial charge on any atom is 0.0469 e. The second-order valence-electron chi connectivity index (χ2n) is 3.77. The van der Waals surface area contributed by atoms with Gasteiger partial charge >= 0.3 is 0 Å². The van der Waals surface area contributed by atoms with Gasteiger partial charge in [0.2, 0.25) is 0 Å². The molecule has 0 saturated heterocycles. The van der Waals surface area contributed by atoms with Gasteiger partial charge in [-0.3, -0.25) is 0 Å². The minimum atomic E-state index is 0.498. The molecule has 0 atom stereocenters. The largest absolute Gasteiger partial charge is 0.361 e. The van der Waals surface area contributed by atoms with Gasteiger partial charge in [-0.15, -0.1) is 6.42 Å². The number of nitrogens with one attached hydrogen (secondary N) is 1. The van der Waals surface area contributed by atoms with Crippen molar-refractivity contribution in [3.8, 4) is 12.3 Å². The zero-order valence-corrected chi connectivity index (χ0v) is 8.46. The highest BCUT2D eigenvalue weighted by atomic mass is 14.7. The van der Waals surface area contributed by atoms with Gasteiger partial charge in [-0.05, 0) is 23.6 Å². The Balaban J connectivity index is 2.83. The molecule has 1 nitrogen and oxygen atoms in total. The molecule has 1 aromatic heterocycles. The lowest BCUT2D eigenvalue weighted by Crippen LogP contribution is -1.86. The summed E-state index contributed by atoms with van der Waals surface area (Å²) in [6, 6.07) is 6.03. The lowest BCUT2D eigenvalue weighted by molar-refractivity contribution is 0.875. The molecule has 0 amide bonds. The van der Waals surface area contributed by atoms with E-state index in [0.717, 1.165) is 11.1 Å². The van der Waals surface area contributed by atoms with E-state index < -0.39 is 0 Å². The van der Waals surface area contributed by atoms with Crippen molar-refractivity contribution in [2.45, 2.75) is 19.8 Å². The zero-order valence-electron chi connectivity index (χ0n) is 8.46. The Morgan fingerprint density at radius 1 is 1.36 bits per heavy atom. The van der Waals surface area contributed by atoms with Crippen molar-refractivity contribution < 1.29 is 0 Å². The van der Waals surface area contributed by atoms with Crippen molar-refractivity contribution in [3.05, 3.63) is 35.5 Å². The predicted octanol–water partition coefficient (Wildman–Crippen LogP) is 3.27. The van der Waals surface area contributed by atoms with Gasteiger partial charge in [0.05, 0.1) is 0 Å². The van der Waals surface area contributed by atoms with Gasteiger partial charge in [0, 0.05) is 22.7 Å². The third-order valence-corrected chi connectivity index (χ3v) is 2.51. The van der Waals surface area contributed by atoms with Crippen molar-refractivity contribution >= 4 is 10.9 Å². The van der Waals surface area contributed by atoms with Crippen molar-refractivity contribution in [1.29, 1.82) is 0 Å². The van der Waals surface area contributed by atoms with E-state index in [4.69, 9.17) is 6.42 Å². The molecule has 0 unspecified atom stereocenters. The maximum atomic E-state index is 5.48. The van der Waals surface area contributed by atoms with E-state index in [2.05, 4.69) is 37.0 Å². The molecule has 0 spiro atoms. The van der Waals surface area contributed by atoms with Crippen molar-refractivity contribution in [3.63, 3.8) is 0 Å². The normalized spacial score (nSPS) is 10.7. The van der Waals surface area contributed by atoms with E-state index >= 15 is 0 Å². The minimum Gasteiger partial charge on any atom is -0.361 e. The Kier molecular flexibility index (Phi) is 2.05. The van der Waals surface area contributed by atoms with Crippen LogP contribution in [-0.4, -0.2) is 4.98 Å². The highest BCUT2D eigenvalue weighted by Crippen LogP contribution is 2.27. The quantitative estimate of drug-likeness (QED) is 0.653. The summed E-state index contributed by atoms with van der Waals surface area (Å²) in [4.78, 5) is 3.25. The molecule has 0 aliphatic carbocycles. The van der Waals surface area contributed by atoms with Crippen molar-refractivity contribution in [1.82, 2.24) is 4.98 Å². The van der Waals surface area contributed by atoms with E-state index in [9.17, 15) is 0 Å². The van der Waals surface area contributed by atoms with Crippen LogP contribution in [0.3, 0.4) is 0 Å². The molecule has 0 saturated carbocycles. The second kappa shape index (κ2) is 3.23. The Labute approximate surface area is 84.1 Å². The molecule has 2 rings (SSSR count). The number of aromatic amines is 1. The number of hydrogen-bond acceptors (Lipinski definition) is 0. The molecular weight excluding hydrogens is 170 g/mol. The average Bonchev–Trinajstić information content (AvgIpc) is 2.60. The standard InChI is InChI=1S/C13H13N/c1-4-10-6-5-7-12-13(10)11(8-14-12)9(2)3/h1,5-9,14H,2-3H3. The molecule has 1 heteroatoms. The highest BCUT2D eigenvalue weighted by molar-refractivity contribution is 5.89. The van der Waals surface area contributed by atoms with Gasteiger partial charge in [-0.25, -0.2) is 0 Å². The first-order chi connectivity index (χ1) is 6.74. The van der Waals surface area contributed by atoms with Crippen LogP contribution in [-0.2, 0) is 0 Å². The lowest BCUT2D eigenvalue weighted by atomic mass is 9.99. The molecule has 0 bridgehead atoms. The van der Waals surface area contributed by atoms with Crippen molar-refractivity contribution in [2.75, 3.05) is 0 Å². The van der Waals surface area contributed by atoms with E-state index in [1.165, 1.54) is 10.9 Å². The first-order valence-electron chi connectivity index (χ1n) is 4.80. The van der Waals surface area contributed by atoms with Gasteiger partial charge in [0.15, 0.2) is 0 Å². The topological polar surface area (TPSA) is 15.8 Å². The van der Waals surface area contributed by atoms with Crippen LogP contribution in [0.2, 0.25) is 0 Å². The number of terminal acetylenes is 1. The van der Waals surface area contributed by atoms with Gasteiger partial charge in [0.1, 0.15) is 0 Å². The van der Waals surface area contributed by atoms with Gasteiger partial charge in [-0.1, -0.05) is 25.8 Å². The summed E-state index contributed by atoms with van der Waals surface area (Å²) in [6.45, 7) is 4.35. The Morgan fingerprint density at radius 2 is 2.14 bits per heavy atom. The molecule has 1 N–H and O–H groups in total.